The molecular formula is C29H22F6N4O7S2. The second-order valence-corrected chi connectivity index (χ2v) is 14.1. The molecule has 2 atom stereocenters. The minimum atomic E-state index is -5.73. The van der Waals surface area contributed by atoms with E-state index in [0.29, 0.717) is 23.8 Å². The number of aromatic nitrogens is 2. The lowest BCUT2D eigenvalue weighted by molar-refractivity contribution is -0.227. The Morgan fingerprint density at radius 1 is 0.979 bits per heavy atom. The minimum Gasteiger partial charge on any atom is -0.344 e. The van der Waals surface area contributed by atoms with Crippen molar-refractivity contribution in [1.29, 1.82) is 0 Å². The predicted octanol–water partition coefficient (Wildman–Crippen LogP) is 4.98. The largest absolute Gasteiger partial charge is 0.492 e. The van der Waals surface area contributed by atoms with E-state index >= 15 is 0 Å². The molecule has 0 aliphatic carbocycles. The minimum absolute atomic E-state index is 0.142. The van der Waals surface area contributed by atoms with Gasteiger partial charge < -0.3 is 9.82 Å². The number of H-pyrrole nitrogens is 1. The Kier molecular flexibility index (Phi) is 9.15. The van der Waals surface area contributed by atoms with Crippen molar-refractivity contribution in [2.45, 2.75) is 41.4 Å². The van der Waals surface area contributed by atoms with Crippen LogP contribution in [0.4, 0.5) is 26.3 Å². The first-order chi connectivity index (χ1) is 22.4. The van der Waals surface area contributed by atoms with Gasteiger partial charge in [0.2, 0.25) is 15.9 Å². The Balaban J connectivity index is 1.63. The van der Waals surface area contributed by atoms with Crippen LogP contribution in [-0.2, 0) is 47.1 Å². The fourth-order valence-electron chi connectivity index (χ4n) is 4.83. The number of sulfonamides is 2. The number of carbonyl (C=O) groups is 2. The number of aromatic amines is 1. The Hall–Kier alpha value is -4.75. The van der Waals surface area contributed by atoms with Crippen molar-refractivity contribution in [3.63, 3.8) is 0 Å². The van der Waals surface area contributed by atoms with Crippen LogP contribution < -0.4 is 4.72 Å². The van der Waals surface area contributed by atoms with Gasteiger partial charge in [-0.05, 0) is 45.8 Å². The quantitative estimate of drug-likeness (QED) is 0.182. The highest BCUT2D eigenvalue weighted by atomic mass is 32.2. The maximum atomic E-state index is 13.9. The van der Waals surface area contributed by atoms with Gasteiger partial charge in [0.05, 0.1) is 28.8 Å². The molecule has 48 heavy (non-hydrogen) atoms. The summed E-state index contributed by atoms with van der Waals surface area (Å²) in [6, 6.07) is 13.6. The van der Waals surface area contributed by atoms with Crippen LogP contribution in [0.15, 0.2) is 90.0 Å². The summed E-state index contributed by atoms with van der Waals surface area (Å²) in [4.78, 5) is 34.0. The number of alkyl halides is 6. The van der Waals surface area contributed by atoms with Gasteiger partial charge in [0.15, 0.2) is 0 Å². The van der Waals surface area contributed by atoms with Crippen molar-refractivity contribution < 1.29 is 57.6 Å². The van der Waals surface area contributed by atoms with E-state index in [1.807, 2.05) is 4.72 Å². The van der Waals surface area contributed by atoms with Crippen LogP contribution in [0, 0.1) is 0 Å². The molecule has 0 saturated carbocycles. The molecule has 1 saturated heterocycles. The SMILES string of the molecule is O=C1CC(c2ccc(CC(c3ncc(-c4ccccc4)[nH]3)N(OC(=O)C(F)(F)F)S(=O)(=O)c3cccc(C(F)(F)F)c3)cc2)S(=O)(=O)N1. The Labute approximate surface area is 268 Å². The maximum absolute atomic E-state index is 13.9. The molecule has 2 N–H and O–H groups in total. The second-order valence-electron chi connectivity index (χ2n) is 10.4. The third kappa shape index (κ3) is 7.37. The Bertz CT molecular complexity index is 2050. The highest BCUT2D eigenvalue weighted by Gasteiger charge is 2.48. The number of benzene rings is 3. The van der Waals surface area contributed by atoms with E-state index in [1.165, 1.54) is 30.5 Å². The number of nitrogens with zero attached hydrogens (tertiary/aromatic N) is 2. The zero-order valence-corrected chi connectivity index (χ0v) is 25.6. The van der Waals surface area contributed by atoms with Gasteiger partial charge in [-0.15, -0.1) is 0 Å². The smallest absolute Gasteiger partial charge is 0.344 e. The lowest BCUT2D eigenvalue weighted by Gasteiger charge is -2.28. The van der Waals surface area contributed by atoms with Crippen molar-refractivity contribution in [2.24, 2.45) is 0 Å². The lowest BCUT2D eigenvalue weighted by Crippen LogP contribution is -2.42. The zero-order chi connectivity index (χ0) is 35.1. The fraction of sp³-hybridized carbons (Fsp3) is 0.207. The predicted molar refractivity (Wildman–Crippen MR) is 154 cm³/mol. The standard InChI is InChI=1S/C29H22F6N4O7S2/c30-28(31,32)20-7-4-8-21(14-20)48(44,45)39(46-27(41)29(33,34)35)23(26-36-16-22(37-26)18-5-2-1-3-6-18)13-17-9-11-19(12-10-17)24-15-25(40)38-47(24,42)43/h1-12,14,16,23-24H,13,15H2,(H,36,37)(H,38,40). The molecule has 3 aromatic carbocycles. The third-order valence-corrected chi connectivity index (χ3v) is 10.5. The molecule has 2 heterocycles. The molecule has 0 spiro atoms. The van der Waals surface area contributed by atoms with Crippen LogP contribution in [0.2, 0.25) is 0 Å². The number of nitrogens with one attached hydrogen (secondary N) is 2. The molecule has 0 bridgehead atoms. The van der Waals surface area contributed by atoms with E-state index < -0.39 is 72.4 Å². The van der Waals surface area contributed by atoms with E-state index in [9.17, 15) is 52.8 Å². The summed E-state index contributed by atoms with van der Waals surface area (Å²) in [5.74, 6) is -4.09. The molecule has 11 nitrogen and oxygen atoms in total. The first kappa shape index (κ1) is 34.6. The topological polar surface area (TPSA) is 156 Å². The summed E-state index contributed by atoms with van der Waals surface area (Å²) in [7, 11) is -9.54. The maximum Gasteiger partial charge on any atom is 0.492 e. The van der Waals surface area contributed by atoms with Crippen LogP contribution in [0.25, 0.3) is 11.3 Å². The van der Waals surface area contributed by atoms with Crippen LogP contribution in [0.1, 0.15) is 40.2 Å². The highest BCUT2D eigenvalue weighted by Crippen LogP contribution is 2.36. The first-order valence-corrected chi connectivity index (χ1v) is 16.6. The van der Waals surface area contributed by atoms with Crippen molar-refractivity contribution in [1.82, 2.24) is 19.2 Å². The number of hydroxylamine groups is 1. The van der Waals surface area contributed by atoms with Gasteiger partial charge in [0, 0.05) is 0 Å². The Morgan fingerprint density at radius 2 is 1.65 bits per heavy atom. The molecule has 4 aromatic rings. The van der Waals surface area contributed by atoms with Crippen molar-refractivity contribution in [3.05, 3.63) is 108 Å². The van der Waals surface area contributed by atoms with Crippen LogP contribution in [0.5, 0.6) is 0 Å². The molecule has 19 heteroatoms. The molecule has 5 rings (SSSR count). The summed E-state index contributed by atoms with van der Waals surface area (Å²) < 4.78 is 135. The van der Waals surface area contributed by atoms with E-state index in [1.54, 1.807) is 30.3 Å². The number of imidazole rings is 1. The van der Waals surface area contributed by atoms with Gasteiger partial charge >= 0.3 is 18.3 Å². The number of rotatable bonds is 9. The van der Waals surface area contributed by atoms with E-state index in [0.717, 1.165) is 0 Å². The summed E-state index contributed by atoms with van der Waals surface area (Å²) in [5.41, 5.74) is -0.372. The summed E-state index contributed by atoms with van der Waals surface area (Å²) in [5, 5.41) is -1.25. The molecule has 254 valence electrons. The zero-order valence-electron chi connectivity index (χ0n) is 24.0. The van der Waals surface area contributed by atoms with Gasteiger partial charge in [-0.3, -0.25) is 9.52 Å². The van der Waals surface area contributed by atoms with E-state index in [2.05, 4.69) is 14.8 Å². The molecule has 0 radical (unpaired) electrons. The number of hydrogen-bond acceptors (Lipinski definition) is 8. The lowest BCUT2D eigenvalue weighted by atomic mass is 10.0. The molecule has 2 unspecified atom stereocenters. The fourth-order valence-corrected chi connectivity index (χ4v) is 7.67. The summed E-state index contributed by atoms with van der Waals surface area (Å²) in [6.07, 6.45) is -10.5. The third-order valence-electron chi connectivity index (χ3n) is 7.13. The van der Waals surface area contributed by atoms with Crippen LogP contribution >= 0.6 is 0 Å². The van der Waals surface area contributed by atoms with Crippen molar-refractivity contribution in [3.8, 4) is 11.3 Å². The van der Waals surface area contributed by atoms with E-state index in [-0.39, 0.29) is 39.6 Å². The number of halogens is 6. The average Bonchev–Trinajstić information content (AvgIpc) is 3.62. The molecule has 1 aromatic heterocycles. The number of carbonyl (C=O) groups excluding carboxylic acids is 2. The van der Waals surface area contributed by atoms with Gasteiger partial charge in [0.25, 0.3) is 10.0 Å². The summed E-state index contributed by atoms with van der Waals surface area (Å²) in [6.45, 7) is 0. The highest BCUT2D eigenvalue weighted by molar-refractivity contribution is 7.90. The van der Waals surface area contributed by atoms with Crippen LogP contribution in [0.3, 0.4) is 0 Å². The van der Waals surface area contributed by atoms with Gasteiger partial charge in [-0.1, -0.05) is 60.7 Å². The second kappa shape index (κ2) is 12.7. The summed E-state index contributed by atoms with van der Waals surface area (Å²) >= 11 is 0. The molecular weight excluding hydrogens is 694 g/mol. The number of hydrogen-bond donors (Lipinski definition) is 2. The van der Waals surface area contributed by atoms with E-state index in [4.69, 9.17) is 0 Å². The first-order valence-electron chi connectivity index (χ1n) is 13.6. The molecule has 1 amide bonds. The average molecular weight is 717 g/mol. The van der Waals surface area contributed by atoms with Gasteiger partial charge in [0.1, 0.15) is 17.1 Å². The molecule has 1 fully saturated rings. The Morgan fingerprint density at radius 3 is 2.23 bits per heavy atom. The number of amides is 1. The normalized spacial score (nSPS) is 17.2. The monoisotopic (exact) mass is 716 g/mol. The van der Waals surface area contributed by atoms with Gasteiger partial charge in [-0.25, -0.2) is 26.6 Å². The van der Waals surface area contributed by atoms with Crippen LogP contribution in [-0.4, -0.2) is 49.3 Å². The molecule has 1 aliphatic heterocycles. The van der Waals surface area contributed by atoms with Gasteiger partial charge in [-0.2, -0.15) is 26.3 Å². The van der Waals surface area contributed by atoms with Crippen molar-refractivity contribution >= 4 is 31.9 Å². The van der Waals surface area contributed by atoms with Crippen molar-refractivity contribution in [2.75, 3.05) is 0 Å². The molecule has 1 aliphatic rings.